The first-order valence-electron chi connectivity index (χ1n) is 15.9. The number of hydrogen-bond donors (Lipinski definition) is 6. The van der Waals surface area contributed by atoms with Crippen molar-refractivity contribution in [3.05, 3.63) is 106 Å². The lowest BCUT2D eigenvalue weighted by atomic mass is 10.0. The number of hydrogen-bond acceptors (Lipinski definition) is 9. The van der Waals surface area contributed by atoms with Gasteiger partial charge in [-0.15, -0.1) is 0 Å². The predicted octanol–water partition coefficient (Wildman–Crippen LogP) is 5.38. The number of aliphatic hydroxyl groups is 3. The second kappa shape index (κ2) is 21.9. The summed E-state index contributed by atoms with van der Waals surface area (Å²) in [5.74, 6) is -0.0843. The molecule has 3 aromatic carbocycles. The molecule has 11 heteroatoms. The first-order chi connectivity index (χ1) is 22.6. The SMILES string of the molecule is CC(CO)NC(C)C(=O)c1ccccc1.CC(CO)NC(C)C(=O)c1ccccc1Cl.CC(NC(C)(C)CO)C(=O)c1ccccc1Cl. The molecule has 0 aliphatic rings. The summed E-state index contributed by atoms with van der Waals surface area (Å²) in [6, 6.07) is 21.9. The van der Waals surface area contributed by atoms with Gasteiger partial charge >= 0.3 is 0 Å². The Balaban J connectivity index is 0.000000361. The van der Waals surface area contributed by atoms with Crippen LogP contribution in [-0.2, 0) is 0 Å². The van der Waals surface area contributed by atoms with Crippen LogP contribution in [0.1, 0.15) is 79.5 Å². The largest absolute Gasteiger partial charge is 0.395 e. The summed E-state index contributed by atoms with van der Waals surface area (Å²) in [6.07, 6.45) is 0. The standard InChI is InChI=1S/C13H18ClNO2.C12H16ClNO2.C12H17NO2/c1-9(15-13(2,3)8-16)12(17)10-6-4-5-7-11(10)14;1-8(7-15)14-9(2)12(16)10-5-3-4-6-11(10)13;1-9(8-14)13-10(2)12(15)11-6-4-3-5-7-11/h4-7,9,15-16H,8H2,1-3H3;3-6,8-9,14-15H,7H2,1-2H3;3-7,9-10,13-14H,8H2,1-2H3. The fourth-order valence-corrected chi connectivity index (χ4v) is 4.91. The lowest BCUT2D eigenvalue weighted by molar-refractivity contribution is 0.0909. The summed E-state index contributed by atoms with van der Waals surface area (Å²) in [5, 5.41) is 36.9. The molecule has 0 saturated heterocycles. The van der Waals surface area contributed by atoms with Crippen LogP contribution in [0.15, 0.2) is 78.9 Å². The third-order valence-electron chi connectivity index (χ3n) is 7.14. The zero-order valence-corrected chi connectivity index (χ0v) is 30.3. The Morgan fingerprint density at radius 2 is 0.979 bits per heavy atom. The van der Waals surface area contributed by atoms with Gasteiger partial charge in [0, 0.05) is 34.3 Å². The van der Waals surface area contributed by atoms with Crippen molar-refractivity contribution in [2.75, 3.05) is 19.8 Å². The Morgan fingerprint density at radius 3 is 1.38 bits per heavy atom. The van der Waals surface area contributed by atoms with Crippen LogP contribution in [0.4, 0.5) is 0 Å². The minimum absolute atomic E-state index is 0.000141. The minimum Gasteiger partial charge on any atom is -0.395 e. The van der Waals surface area contributed by atoms with E-state index in [1.807, 2.05) is 52.8 Å². The molecule has 0 fully saturated rings. The maximum absolute atomic E-state index is 12.1. The molecule has 264 valence electrons. The average Bonchev–Trinajstić information content (AvgIpc) is 3.08. The van der Waals surface area contributed by atoms with Gasteiger partial charge in [0.2, 0.25) is 0 Å². The molecule has 0 bridgehead atoms. The van der Waals surface area contributed by atoms with Crippen molar-refractivity contribution in [2.45, 2.75) is 84.2 Å². The van der Waals surface area contributed by atoms with Gasteiger partial charge in [0.25, 0.3) is 0 Å². The number of carbonyl (C=O) groups excluding carboxylic acids is 3. The highest BCUT2D eigenvalue weighted by Crippen LogP contribution is 2.18. The highest BCUT2D eigenvalue weighted by molar-refractivity contribution is 6.34. The maximum atomic E-state index is 12.1. The van der Waals surface area contributed by atoms with Gasteiger partial charge in [-0.1, -0.05) is 77.8 Å². The number of benzene rings is 3. The van der Waals surface area contributed by atoms with Gasteiger partial charge in [-0.25, -0.2) is 0 Å². The first kappa shape index (κ1) is 43.0. The Bertz CT molecular complexity index is 1420. The van der Waals surface area contributed by atoms with E-state index in [4.69, 9.17) is 38.5 Å². The van der Waals surface area contributed by atoms with E-state index in [1.54, 1.807) is 74.5 Å². The Labute approximate surface area is 295 Å². The summed E-state index contributed by atoms with van der Waals surface area (Å²) in [5.41, 5.74) is 1.22. The highest BCUT2D eigenvalue weighted by atomic mass is 35.5. The zero-order chi connectivity index (χ0) is 36.4. The Kier molecular flexibility index (Phi) is 19.6. The van der Waals surface area contributed by atoms with E-state index in [9.17, 15) is 14.4 Å². The lowest BCUT2D eigenvalue weighted by Crippen LogP contribution is -2.50. The number of aliphatic hydroxyl groups excluding tert-OH is 3. The predicted molar refractivity (Wildman–Crippen MR) is 194 cm³/mol. The van der Waals surface area contributed by atoms with E-state index >= 15 is 0 Å². The van der Waals surface area contributed by atoms with Crippen LogP contribution in [0.5, 0.6) is 0 Å². The molecular weight excluding hydrogens is 653 g/mol. The van der Waals surface area contributed by atoms with Crippen LogP contribution < -0.4 is 16.0 Å². The first-order valence-corrected chi connectivity index (χ1v) is 16.6. The molecule has 3 aromatic rings. The van der Waals surface area contributed by atoms with E-state index in [0.717, 1.165) is 0 Å². The highest BCUT2D eigenvalue weighted by Gasteiger charge is 2.25. The van der Waals surface area contributed by atoms with Crippen molar-refractivity contribution in [1.82, 2.24) is 16.0 Å². The molecule has 0 heterocycles. The molecule has 0 radical (unpaired) electrons. The summed E-state index contributed by atoms with van der Waals surface area (Å²) < 4.78 is 0. The molecule has 5 atom stereocenters. The molecule has 0 saturated carbocycles. The van der Waals surface area contributed by atoms with Gasteiger partial charge in [0.05, 0.1) is 48.0 Å². The van der Waals surface area contributed by atoms with Gasteiger partial charge in [-0.2, -0.15) is 0 Å². The van der Waals surface area contributed by atoms with Crippen molar-refractivity contribution >= 4 is 40.6 Å². The molecule has 9 nitrogen and oxygen atoms in total. The van der Waals surface area contributed by atoms with Crippen LogP contribution in [0.25, 0.3) is 0 Å². The molecule has 0 aromatic heterocycles. The molecule has 5 unspecified atom stereocenters. The number of ketones is 3. The molecule has 0 spiro atoms. The summed E-state index contributed by atoms with van der Waals surface area (Å²) in [7, 11) is 0. The van der Waals surface area contributed by atoms with Crippen molar-refractivity contribution in [3.63, 3.8) is 0 Å². The van der Waals surface area contributed by atoms with E-state index in [1.165, 1.54) is 0 Å². The van der Waals surface area contributed by atoms with Gasteiger partial charge in [-0.3, -0.25) is 14.4 Å². The zero-order valence-electron chi connectivity index (χ0n) is 28.8. The van der Waals surface area contributed by atoms with Gasteiger partial charge in [0.15, 0.2) is 17.3 Å². The smallest absolute Gasteiger partial charge is 0.180 e. The molecule has 0 aliphatic heterocycles. The fourth-order valence-electron chi connectivity index (χ4n) is 4.45. The van der Waals surface area contributed by atoms with Crippen LogP contribution in [0.2, 0.25) is 10.0 Å². The summed E-state index contributed by atoms with van der Waals surface area (Å²) >= 11 is 11.9. The third-order valence-corrected chi connectivity index (χ3v) is 7.80. The van der Waals surface area contributed by atoms with E-state index in [2.05, 4.69) is 16.0 Å². The number of halogens is 2. The Hall–Kier alpha value is -2.99. The normalized spacial score (nSPS) is 14.2. The van der Waals surface area contributed by atoms with E-state index < -0.39 is 11.6 Å². The second-order valence-corrected chi connectivity index (χ2v) is 13.1. The third kappa shape index (κ3) is 15.1. The minimum atomic E-state index is -0.490. The monoisotopic (exact) mass is 703 g/mol. The van der Waals surface area contributed by atoms with Gasteiger partial charge in [-0.05, 0) is 72.7 Å². The lowest BCUT2D eigenvalue weighted by Gasteiger charge is -2.27. The van der Waals surface area contributed by atoms with Gasteiger partial charge < -0.3 is 31.3 Å². The number of Topliss-reactive ketones (excluding diaryl/α,β-unsaturated/α-hetero) is 3. The van der Waals surface area contributed by atoms with Crippen LogP contribution >= 0.6 is 23.2 Å². The van der Waals surface area contributed by atoms with Crippen LogP contribution in [-0.4, -0.2) is 88.2 Å². The number of rotatable bonds is 15. The molecule has 0 amide bonds. The molecule has 48 heavy (non-hydrogen) atoms. The number of carbonyl (C=O) groups is 3. The molecule has 6 N–H and O–H groups in total. The molecule has 3 rings (SSSR count). The van der Waals surface area contributed by atoms with Crippen LogP contribution in [0.3, 0.4) is 0 Å². The summed E-state index contributed by atoms with van der Waals surface area (Å²) in [4.78, 5) is 36.0. The summed E-state index contributed by atoms with van der Waals surface area (Å²) in [6.45, 7) is 12.7. The average molecular weight is 705 g/mol. The van der Waals surface area contributed by atoms with Crippen molar-refractivity contribution in [3.8, 4) is 0 Å². The quantitative estimate of drug-likeness (QED) is 0.115. The fraction of sp³-hybridized carbons (Fsp3) is 0.432. The molecule has 0 aliphatic carbocycles. The van der Waals surface area contributed by atoms with Crippen LogP contribution in [0, 0.1) is 0 Å². The number of nitrogens with one attached hydrogen (secondary N) is 3. The second-order valence-electron chi connectivity index (χ2n) is 12.3. The van der Waals surface area contributed by atoms with Crippen molar-refractivity contribution in [1.29, 1.82) is 0 Å². The maximum Gasteiger partial charge on any atom is 0.180 e. The van der Waals surface area contributed by atoms with E-state index in [-0.39, 0.29) is 61.3 Å². The Morgan fingerprint density at radius 1 is 0.604 bits per heavy atom. The van der Waals surface area contributed by atoms with Crippen molar-refractivity contribution < 1.29 is 29.7 Å². The molecular formula is C37H51Cl2N3O6. The topological polar surface area (TPSA) is 148 Å². The van der Waals surface area contributed by atoms with E-state index in [0.29, 0.717) is 26.7 Å². The van der Waals surface area contributed by atoms with Gasteiger partial charge in [0.1, 0.15) is 0 Å². The van der Waals surface area contributed by atoms with Crippen molar-refractivity contribution in [2.24, 2.45) is 0 Å².